The summed E-state index contributed by atoms with van der Waals surface area (Å²) in [5.74, 6) is 0. The van der Waals surface area contributed by atoms with Crippen LogP contribution in [0.4, 0.5) is 0 Å². The first-order valence-electron chi connectivity index (χ1n) is 7.50. The van der Waals surface area contributed by atoms with Crippen molar-refractivity contribution in [2.24, 2.45) is 0 Å². The number of aryl methyl sites for hydroxylation is 1. The van der Waals surface area contributed by atoms with Gasteiger partial charge in [-0.3, -0.25) is 0 Å². The minimum Gasteiger partial charge on any atom is -0.385 e. The van der Waals surface area contributed by atoms with Crippen molar-refractivity contribution in [3.05, 3.63) is 78.9 Å². The molecule has 1 aromatic heterocycles. The molecule has 0 aliphatic rings. The zero-order chi connectivity index (χ0) is 15.4. The molecule has 0 radical (unpaired) electrons. The smallest absolute Gasteiger partial charge is 0.0945 e. The number of aliphatic hydroxyl groups is 1. The first kappa shape index (κ1) is 14.5. The molecule has 3 heteroatoms. The number of hydrogen-bond acceptors (Lipinski definition) is 2. The summed E-state index contributed by atoms with van der Waals surface area (Å²) in [5.41, 5.74) is 2.28. The Balaban J connectivity index is 1.90. The lowest BCUT2D eigenvalue weighted by molar-refractivity contribution is 0.0436. The van der Waals surface area contributed by atoms with Crippen LogP contribution < -0.4 is 0 Å². The van der Waals surface area contributed by atoms with Gasteiger partial charge in [0.05, 0.1) is 11.9 Å². The standard InChI is InChI=1S/C19H20N2O/c1-19(22,11-13-21-14-12-20-15-21)18-10-6-5-9-17(18)16-7-3-2-4-8-16/h2-10,12,14-15,22H,11,13H2,1H3. The Morgan fingerprint density at radius 3 is 2.50 bits per heavy atom. The van der Waals surface area contributed by atoms with E-state index in [4.69, 9.17) is 0 Å². The maximum Gasteiger partial charge on any atom is 0.0945 e. The molecule has 0 spiro atoms. The van der Waals surface area contributed by atoms with Gasteiger partial charge in [0.15, 0.2) is 0 Å². The van der Waals surface area contributed by atoms with Crippen molar-refractivity contribution in [1.29, 1.82) is 0 Å². The molecule has 0 saturated carbocycles. The van der Waals surface area contributed by atoms with E-state index in [-0.39, 0.29) is 0 Å². The number of aromatic nitrogens is 2. The van der Waals surface area contributed by atoms with Crippen LogP contribution in [0, 0.1) is 0 Å². The fourth-order valence-corrected chi connectivity index (χ4v) is 2.72. The average Bonchev–Trinajstić information content (AvgIpc) is 3.07. The molecule has 0 fully saturated rings. The Kier molecular flexibility index (Phi) is 4.07. The number of nitrogens with zero attached hydrogens (tertiary/aromatic N) is 2. The molecule has 2 aromatic carbocycles. The molecule has 3 rings (SSSR count). The molecule has 112 valence electrons. The topological polar surface area (TPSA) is 38.0 Å². The average molecular weight is 292 g/mol. The van der Waals surface area contributed by atoms with Crippen molar-refractivity contribution < 1.29 is 5.11 Å². The highest BCUT2D eigenvalue weighted by Gasteiger charge is 2.25. The van der Waals surface area contributed by atoms with E-state index in [0.717, 1.165) is 23.2 Å². The number of benzene rings is 2. The summed E-state index contributed by atoms with van der Waals surface area (Å²) in [6.07, 6.45) is 6.08. The van der Waals surface area contributed by atoms with Gasteiger partial charge in [-0.2, -0.15) is 0 Å². The molecule has 0 amide bonds. The van der Waals surface area contributed by atoms with Gasteiger partial charge in [0.25, 0.3) is 0 Å². The molecular formula is C19H20N2O. The number of rotatable bonds is 5. The van der Waals surface area contributed by atoms with Gasteiger partial charge in [0, 0.05) is 18.9 Å². The van der Waals surface area contributed by atoms with E-state index in [1.54, 1.807) is 12.5 Å². The van der Waals surface area contributed by atoms with E-state index >= 15 is 0 Å². The van der Waals surface area contributed by atoms with Gasteiger partial charge in [-0.15, -0.1) is 0 Å². The van der Waals surface area contributed by atoms with E-state index in [1.165, 1.54) is 0 Å². The summed E-state index contributed by atoms with van der Waals surface area (Å²) < 4.78 is 1.99. The van der Waals surface area contributed by atoms with Crippen LogP contribution in [0.15, 0.2) is 73.3 Å². The minimum absolute atomic E-state index is 0.632. The van der Waals surface area contributed by atoms with E-state index in [1.807, 2.05) is 54.1 Å². The highest BCUT2D eigenvalue weighted by Crippen LogP contribution is 2.34. The van der Waals surface area contributed by atoms with Crippen LogP contribution in [-0.2, 0) is 12.1 Å². The first-order valence-corrected chi connectivity index (χ1v) is 7.50. The summed E-state index contributed by atoms with van der Waals surface area (Å²) >= 11 is 0. The summed E-state index contributed by atoms with van der Waals surface area (Å²) in [7, 11) is 0. The Hall–Kier alpha value is -2.39. The van der Waals surface area contributed by atoms with Crippen LogP contribution in [-0.4, -0.2) is 14.7 Å². The molecule has 22 heavy (non-hydrogen) atoms. The van der Waals surface area contributed by atoms with Crippen molar-refractivity contribution in [3.8, 4) is 11.1 Å². The van der Waals surface area contributed by atoms with Crippen LogP contribution in [0.5, 0.6) is 0 Å². The lowest BCUT2D eigenvalue weighted by Crippen LogP contribution is -2.24. The normalized spacial score (nSPS) is 13.7. The van der Waals surface area contributed by atoms with Crippen LogP contribution in [0.1, 0.15) is 18.9 Å². The predicted octanol–water partition coefficient (Wildman–Crippen LogP) is 3.85. The van der Waals surface area contributed by atoms with Crippen LogP contribution in [0.25, 0.3) is 11.1 Å². The van der Waals surface area contributed by atoms with Gasteiger partial charge in [0.1, 0.15) is 0 Å². The van der Waals surface area contributed by atoms with Crippen molar-refractivity contribution in [2.45, 2.75) is 25.5 Å². The van der Waals surface area contributed by atoms with Gasteiger partial charge in [0.2, 0.25) is 0 Å². The Bertz CT molecular complexity index is 718. The molecular weight excluding hydrogens is 272 g/mol. The highest BCUT2D eigenvalue weighted by molar-refractivity contribution is 5.68. The SMILES string of the molecule is CC(O)(CCn1ccnc1)c1ccccc1-c1ccccc1. The maximum absolute atomic E-state index is 11.0. The molecule has 1 unspecified atom stereocenters. The third-order valence-corrected chi connectivity index (χ3v) is 4.01. The molecule has 3 nitrogen and oxygen atoms in total. The molecule has 1 heterocycles. The molecule has 0 aliphatic carbocycles. The van der Waals surface area contributed by atoms with Crippen molar-refractivity contribution in [2.75, 3.05) is 0 Å². The predicted molar refractivity (Wildman–Crippen MR) is 88.3 cm³/mol. The summed E-state index contributed by atoms with van der Waals surface area (Å²) in [6, 6.07) is 18.3. The molecule has 0 bridgehead atoms. The molecule has 1 atom stereocenters. The molecule has 3 aromatic rings. The summed E-state index contributed by atoms with van der Waals surface area (Å²) in [4.78, 5) is 4.04. The summed E-state index contributed by atoms with van der Waals surface area (Å²) in [5, 5.41) is 11.0. The molecule has 1 N–H and O–H groups in total. The minimum atomic E-state index is -0.892. The molecule has 0 saturated heterocycles. The van der Waals surface area contributed by atoms with Gasteiger partial charge in [-0.25, -0.2) is 4.98 Å². The summed E-state index contributed by atoms with van der Waals surface area (Å²) in [6.45, 7) is 2.61. The Labute approximate surface area is 130 Å². The first-order chi connectivity index (χ1) is 10.7. The van der Waals surface area contributed by atoms with E-state index < -0.39 is 5.60 Å². The lowest BCUT2D eigenvalue weighted by Gasteiger charge is -2.27. The maximum atomic E-state index is 11.0. The second-order valence-electron chi connectivity index (χ2n) is 5.74. The number of hydrogen-bond donors (Lipinski definition) is 1. The van der Waals surface area contributed by atoms with E-state index in [0.29, 0.717) is 6.42 Å². The Morgan fingerprint density at radius 1 is 1.05 bits per heavy atom. The Morgan fingerprint density at radius 2 is 1.77 bits per heavy atom. The number of imidazole rings is 1. The second kappa shape index (κ2) is 6.16. The van der Waals surface area contributed by atoms with E-state index in [9.17, 15) is 5.11 Å². The lowest BCUT2D eigenvalue weighted by atomic mass is 9.86. The van der Waals surface area contributed by atoms with Gasteiger partial charge < -0.3 is 9.67 Å². The largest absolute Gasteiger partial charge is 0.385 e. The van der Waals surface area contributed by atoms with Crippen LogP contribution in [0.3, 0.4) is 0 Å². The third-order valence-electron chi connectivity index (χ3n) is 4.01. The quantitative estimate of drug-likeness (QED) is 0.775. The second-order valence-corrected chi connectivity index (χ2v) is 5.74. The van der Waals surface area contributed by atoms with Crippen LogP contribution >= 0.6 is 0 Å². The third kappa shape index (κ3) is 3.10. The van der Waals surface area contributed by atoms with Crippen molar-refractivity contribution in [3.63, 3.8) is 0 Å². The fraction of sp³-hybridized carbons (Fsp3) is 0.211. The van der Waals surface area contributed by atoms with Crippen LogP contribution in [0.2, 0.25) is 0 Å². The molecule has 0 aliphatic heterocycles. The zero-order valence-corrected chi connectivity index (χ0v) is 12.7. The monoisotopic (exact) mass is 292 g/mol. The highest BCUT2D eigenvalue weighted by atomic mass is 16.3. The van der Waals surface area contributed by atoms with Gasteiger partial charge in [-0.05, 0) is 30.0 Å². The zero-order valence-electron chi connectivity index (χ0n) is 12.7. The van der Waals surface area contributed by atoms with Gasteiger partial charge in [-0.1, -0.05) is 54.6 Å². The van der Waals surface area contributed by atoms with Crippen molar-refractivity contribution in [1.82, 2.24) is 9.55 Å². The fourth-order valence-electron chi connectivity index (χ4n) is 2.72. The van der Waals surface area contributed by atoms with E-state index in [2.05, 4.69) is 23.2 Å². The van der Waals surface area contributed by atoms with Gasteiger partial charge >= 0.3 is 0 Å². The van der Waals surface area contributed by atoms with Crippen molar-refractivity contribution >= 4 is 0 Å².